The number of carbonyl (C=O) groups excluding carboxylic acids is 1. The summed E-state index contributed by atoms with van der Waals surface area (Å²) in [6.07, 6.45) is 0. The molecule has 0 spiro atoms. The van der Waals surface area contributed by atoms with Gasteiger partial charge in [-0.3, -0.25) is 0 Å². The number of hydrogen-bond acceptors (Lipinski definition) is 4. The lowest BCUT2D eigenvalue weighted by molar-refractivity contribution is 0.0450. The summed E-state index contributed by atoms with van der Waals surface area (Å²) in [5, 5.41) is 0.381. The van der Waals surface area contributed by atoms with E-state index in [9.17, 15) is 9.18 Å². The van der Waals surface area contributed by atoms with Gasteiger partial charge in [-0.05, 0) is 42.5 Å². The fourth-order valence-electron chi connectivity index (χ4n) is 1.58. The van der Waals surface area contributed by atoms with Gasteiger partial charge in [-0.15, -0.1) is 0 Å². The minimum atomic E-state index is -0.513. The summed E-state index contributed by atoms with van der Waals surface area (Å²) in [5.74, 6) is -0.349. The van der Waals surface area contributed by atoms with E-state index in [2.05, 4.69) is 0 Å². The van der Waals surface area contributed by atoms with Crippen LogP contribution in [0.25, 0.3) is 0 Å². The smallest absolute Gasteiger partial charge is 0.338 e. The third-order valence-corrected chi connectivity index (χ3v) is 2.97. The number of anilines is 1. The van der Waals surface area contributed by atoms with Crippen LogP contribution in [0.15, 0.2) is 42.5 Å². The molecule has 0 aliphatic heterocycles. The molecule has 2 N–H and O–H groups in total. The van der Waals surface area contributed by atoms with Crippen LogP contribution in [0.4, 0.5) is 10.1 Å². The van der Waals surface area contributed by atoms with E-state index in [-0.39, 0.29) is 19.0 Å². The molecule has 0 fully saturated rings. The Morgan fingerprint density at radius 1 is 1.14 bits per heavy atom. The minimum absolute atomic E-state index is 0.0682. The van der Waals surface area contributed by atoms with Crippen molar-refractivity contribution in [2.24, 2.45) is 0 Å². The fraction of sp³-hybridized carbons (Fsp3) is 0.133. The molecule has 0 aromatic heterocycles. The molecule has 0 unspecified atom stereocenters. The van der Waals surface area contributed by atoms with Crippen molar-refractivity contribution < 1.29 is 18.7 Å². The van der Waals surface area contributed by atoms with Crippen LogP contribution >= 0.6 is 11.6 Å². The Balaban J connectivity index is 1.79. The van der Waals surface area contributed by atoms with E-state index < -0.39 is 5.97 Å². The largest absolute Gasteiger partial charge is 0.490 e. The lowest BCUT2D eigenvalue weighted by Crippen LogP contribution is -2.12. The van der Waals surface area contributed by atoms with Crippen LogP contribution < -0.4 is 10.5 Å². The number of halogens is 2. The molecular formula is C15H13ClFNO3. The van der Waals surface area contributed by atoms with Crippen LogP contribution in [-0.4, -0.2) is 19.2 Å². The fourth-order valence-corrected chi connectivity index (χ4v) is 1.70. The van der Waals surface area contributed by atoms with E-state index >= 15 is 0 Å². The summed E-state index contributed by atoms with van der Waals surface area (Å²) in [5.41, 5.74) is 6.24. The molecule has 6 heteroatoms. The predicted octanol–water partition coefficient (Wildman–Crippen LogP) is 3.30. The van der Waals surface area contributed by atoms with Crippen LogP contribution in [0.5, 0.6) is 5.75 Å². The van der Waals surface area contributed by atoms with E-state index in [1.54, 1.807) is 0 Å². The quantitative estimate of drug-likeness (QED) is 0.523. The lowest BCUT2D eigenvalue weighted by atomic mass is 10.2. The zero-order chi connectivity index (χ0) is 15.2. The molecule has 0 amide bonds. The Morgan fingerprint density at radius 3 is 2.52 bits per heavy atom. The van der Waals surface area contributed by atoms with Gasteiger partial charge in [-0.1, -0.05) is 11.6 Å². The molecule has 0 bridgehead atoms. The second kappa shape index (κ2) is 6.95. The Bertz CT molecular complexity index is 631. The SMILES string of the molecule is Nc1cc(C(=O)OCCOc2ccc(F)cc2)ccc1Cl. The Morgan fingerprint density at radius 2 is 1.86 bits per heavy atom. The number of rotatable bonds is 5. The van der Waals surface area contributed by atoms with Crippen molar-refractivity contribution in [3.63, 3.8) is 0 Å². The Hall–Kier alpha value is -2.27. The van der Waals surface area contributed by atoms with Crippen molar-refractivity contribution in [3.8, 4) is 5.75 Å². The molecule has 0 aliphatic carbocycles. The van der Waals surface area contributed by atoms with Crippen LogP contribution in [-0.2, 0) is 4.74 Å². The van der Waals surface area contributed by atoms with Crippen molar-refractivity contribution in [1.82, 2.24) is 0 Å². The molecule has 2 aromatic carbocycles. The summed E-state index contributed by atoms with van der Waals surface area (Å²) >= 11 is 5.77. The monoisotopic (exact) mass is 309 g/mol. The van der Waals surface area contributed by atoms with Gasteiger partial charge in [-0.2, -0.15) is 0 Å². The topological polar surface area (TPSA) is 61.6 Å². The average Bonchev–Trinajstić information content (AvgIpc) is 2.48. The number of benzene rings is 2. The van der Waals surface area contributed by atoms with Gasteiger partial charge in [0.25, 0.3) is 0 Å². The van der Waals surface area contributed by atoms with E-state index in [1.807, 2.05) is 0 Å². The van der Waals surface area contributed by atoms with Gasteiger partial charge in [0.2, 0.25) is 0 Å². The molecule has 0 atom stereocenters. The molecule has 21 heavy (non-hydrogen) atoms. The van der Waals surface area contributed by atoms with Crippen molar-refractivity contribution in [2.75, 3.05) is 18.9 Å². The first kappa shape index (κ1) is 15.1. The predicted molar refractivity (Wildman–Crippen MR) is 78.0 cm³/mol. The minimum Gasteiger partial charge on any atom is -0.490 e. The maximum Gasteiger partial charge on any atom is 0.338 e. The van der Waals surface area contributed by atoms with Crippen LogP contribution in [0.2, 0.25) is 5.02 Å². The third-order valence-electron chi connectivity index (χ3n) is 2.63. The highest BCUT2D eigenvalue weighted by atomic mass is 35.5. The van der Waals surface area contributed by atoms with Gasteiger partial charge in [0, 0.05) is 0 Å². The van der Waals surface area contributed by atoms with Crippen LogP contribution in [0, 0.1) is 5.82 Å². The van der Waals surface area contributed by atoms with Gasteiger partial charge in [0.15, 0.2) is 0 Å². The number of ether oxygens (including phenoxy) is 2. The molecule has 2 rings (SSSR count). The van der Waals surface area contributed by atoms with Crippen molar-refractivity contribution in [2.45, 2.75) is 0 Å². The molecule has 110 valence electrons. The second-order valence-electron chi connectivity index (χ2n) is 4.17. The number of esters is 1. The third kappa shape index (κ3) is 4.36. The van der Waals surface area contributed by atoms with E-state index in [1.165, 1.54) is 42.5 Å². The number of hydrogen-bond donors (Lipinski definition) is 1. The maximum absolute atomic E-state index is 12.7. The standard InChI is InChI=1S/C15H13ClFNO3/c16-13-6-1-10(9-14(13)18)15(19)21-8-7-20-12-4-2-11(17)3-5-12/h1-6,9H,7-8,18H2. The second-order valence-corrected chi connectivity index (χ2v) is 4.58. The summed E-state index contributed by atoms with van der Waals surface area (Å²) in [6, 6.07) is 10.1. The van der Waals surface area contributed by atoms with E-state index in [0.717, 1.165) is 0 Å². The zero-order valence-corrected chi connectivity index (χ0v) is 11.8. The summed E-state index contributed by atoms with van der Waals surface area (Å²) in [4.78, 5) is 11.7. The molecule has 0 saturated heterocycles. The van der Waals surface area contributed by atoms with Gasteiger partial charge >= 0.3 is 5.97 Å². The van der Waals surface area contributed by atoms with Gasteiger partial charge in [-0.25, -0.2) is 9.18 Å². The summed E-state index contributed by atoms with van der Waals surface area (Å²) in [7, 11) is 0. The first-order valence-corrected chi connectivity index (χ1v) is 6.54. The summed E-state index contributed by atoms with van der Waals surface area (Å²) in [6.45, 7) is 0.235. The average molecular weight is 310 g/mol. The highest BCUT2D eigenvalue weighted by Gasteiger charge is 2.08. The van der Waals surface area contributed by atoms with Crippen LogP contribution in [0.1, 0.15) is 10.4 Å². The van der Waals surface area contributed by atoms with Crippen LogP contribution in [0.3, 0.4) is 0 Å². The van der Waals surface area contributed by atoms with Gasteiger partial charge in [0.1, 0.15) is 24.8 Å². The van der Waals surface area contributed by atoms with E-state index in [0.29, 0.717) is 22.0 Å². The highest BCUT2D eigenvalue weighted by molar-refractivity contribution is 6.33. The number of carbonyl (C=O) groups is 1. The number of nitrogen functional groups attached to an aromatic ring is 1. The van der Waals surface area contributed by atoms with Gasteiger partial charge in [0.05, 0.1) is 16.3 Å². The lowest BCUT2D eigenvalue weighted by Gasteiger charge is -2.08. The molecule has 2 aromatic rings. The van der Waals surface area contributed by atoms with Crippen molar-refractivity contribution >= 4 is 23.3 Å². The van der Waals surface area contributed by atoms with Gasteiger partial charge < -0.3 is 15.2 Å². The maximum atomic E-state index is 12.7. The van der Waals surface area contributed by atoms with Crippen molar-refractivity contribution in [3.05, 3.63) is 58.9 Å². The molecule has 0 aliphatic rings. The highest BCUT2D eigenvalue weighted by Crippen LogP contribution is 2.19. The molecule has 0 heterocycles. The van der Waals surface area contributed by atoms with Crippen molar-refractivity contribution in [1.29, 1.82) is 0 Å². The Labute approximate surface area is 126 Å². The zero-order valence-electron chi connectivity index (χ0n) is 11.0. The first-order chi connectivity index (χ1) is 10.1. The molecule has 0 radical (unpaired) electrons. The molecule has 4 nitrogen and oxygen atoms in total. The normalized spacial score (nSPS) is 10.2. The Kier molecular flexibility index (Phi) is 5.00. The number of nitrogens with two attached hydrogens (primary N) is 1. The van der Waals surface area contributed by atoms with E-state index in [4.69, 9.17) is 26.8 Å². The summed E-state index contributed by atoms with van der Waals surface area (Å²) < 4.78 is 23.0. The first-order valence-electron chi connectivity index (χ1n) is 6.17. The molecule has 0 saturated carbocycles. The molecular weight excluding hydrogens is 297 g/mol.